The van der Waals surface area contributed by atoms with Crippen molar-refractivity contribution in [2.24, 2.45) is 5.73 Å². The number of rotatable bonds is 4. The van der Waals surface area contributed by atoms with Gasteiger partial charge in [0.1, 0.15) is 6.54 Å². The molecule has 1 fully saturated rings. The van der Waals surface area contributed by atoms with Gasteiger partial charge in [-0.3, -0.25) is 4.79 Å². The zero-order chi connectivity index (χ0) is 16.7. The van der Waals surface area contributed by atoms with E-state index in [2.05, 4.69) is 55.6 Å². The van der Waals surface area contributed by atoms with Crippen LogP contribution in [-0.4, -0.2) is 10.5 Å². The van der Waals surface area contributed by atoms with Gasteiger partial charge in [0.05, 0.1) is 0 Å². The van der Waals surface area contributed by atoms with E-state index in [0.29, 0.717) is 0 Å². The Hall–Kier alpha value is -2.55. The van der Waals surface area contributed by atoms with Gasteiger partial charge in [0.15, 0.2) is 0 Å². The van der Waals surface area contributed by atoms with Crippen LogP contribution >= 0.6 is 0 Å². The third kappa shape index (κ3) is 2.23. The van der Waals surface area contributed by atoms with E-state index < -0.39 is 0 Å². The van der Waals surface area contributed by atoms with Crippen LogP contribution in [0.4, 0.5) is 0 Å². The summed E-state index contributed by atoms with van der Waals surface area (Å²) < 4.78 is 2.00. The molecular weight excluding hydrogens is 296 g/mol. The van der Waals surface area contributed by atoms with Gasteiger partial charge in [0, 0.05) is 22.5 Å². The van der Waals surface area contributed by atoms with E-state index in [1.807, 2.05) is 10.6 Å². The molecule has 0 aliphatic heterocycles. The number of nitrogens with two attached hydrogens (primary N) is 1. The van der Waals surface area contributed by atoms with Crippen LogP contribution in [0.25, 0.3) is 10.9 Å². The number of para-hydroxylation sites is 1. The molecule has 4 rings (SSSR count). The summed E-state index contributed by atoms with van der Waals surface area (Å²) >= 11 is 0. The number of hydrogen-bond acceptors (Lipinski definition) is 1. The van der Waals surface area contributed by atoms with Gasteiger partial charge < -0.3 is 10.3 Å². The highest BCUT2D eigenvalue weighted by molar-refractivity contribution is 5.87. The Balaban J connectivity index is 1.91. The summed E-state index contributed by atoms with van der Waals surface area (Å²) in [7, 11) is 0. The topological polar surface area (TPSA) is 48.0 Å². The smallest absolute Gasteiger partial charge is 0.237 e. The molecule has 2 aromatic carbocycles. The maximum atomic E-state index is 11.5. The number of hydrogen-bond donors (Lipinski definition) is 1. The van der Waals surface area contributed by atoms with E-state index >= 15 is 0 Å². The highest BCUT2D eigenvalue weighted by atomic mass is 16.1. The molecule has 3 aromatic rings. The lowest BCUT2D eigenvalue weighted by Gasteiger charge is -2.43. The normalized spacial score (nSPS) is 16.0. The zero-order valence-corrected chi connectivity index (χ0v) is 14.0. The van der Waals surface area contributed by atoms with E-state index in [4.69, 9.17) is 5.73 Å². The Morgan fingerprint density at radius 1 is 1.12 bits per heavy atom. The number of aryl methyl sites for hydroxylation is 1. The van der Waals surface area contributed by atoms with Gasteiger partial charge in [-0.25, -0.2) is 0 Å². The van der Waals surface area contributed by atoms with Gasteiger partial charge in [-0.2, -0.15) is 0 Å². The van der Waals surface area contributed by atoms with Crippen LogP contribution in [0, 0.1) is 6.92 Å². The highest BCUT2D eigenvalue weighted by Crippen LogP contribution is 2.51. The molecule has 0 radical (unpaired) electrons. The Morgan fingerprint density at radius 3 is 2.46 bits per heavy atom. The second-order valence-corrected chi connectivity index (χ2v) is 6.96. The molecule has 3 heteroatoms. The second-order valence-electron chi connectivity index (χ2n) is 6.96. The van der Waals surface area contributed by atoms with Crippen molar-refractivity contribution >= 4 is 16.8 Å². The van der Waals surface area contributed by atoms with E-state index in [-0.39, 0.29) is 17.9 Å². The van der Waals surface area contributed by atoms with Crippen LogP contribution in [0.3, 0.4) is 0 Å². The summed E-state index contributed by atoms with van der Waals surface area (Å²) in [6.45, 7) is 2.35. The molecule has 1 aliphatic carbocycles. The molecule has 1 aliphatic rings. The number of fused-ring (bicyclic) bond motifs is 1. The monoisotopic (exact) mass is 318 g/mol. The highest BCUT2D eigenvalue weighted by Gasteiger charge is 2.42. The quantitative estimate of drug-likeness (QED) is 0.779. The molecule has 0 unspecified atom stereocenters. The summed E-state index contributed by atoms with van der Waals surface area (Å²) in [6.07, 6.45) is 5.69. The first kappa shape index (κ1) is 15.0. The Morgan fingerprint density at radius 2 is 1.83 bits per heavy atom. The minimum absolute atomic E-state index is 0.0657. The lowest BCUT2D eigenvalue weighted by molar-refractivity contribution is -0.118. The van der Waals surface area contributed by atoms with Crippen molar-refractivity contribution in [3.8, 4) is 0 Å². The van der Waals surface area contributed by atoms with Gasteiger partial charge in [-0.15, -0.1) is 0 Å². The molecule has 0 atom stereocenters. The van der Waals surface area contributed by atoms with Crippen LogP contribution in [-0.2, 0) is 16.8 Å². The fourth-order valence-electron chi connectivity index (χ4n) is 4.04. The van der Waals surface area contributed by atoms with E-state index in [0.717, 1.165) is 18.4 Å². The number of nitrogens with zero attached hydrogens (tertiary/aromatic N) is 1. The first-order valence-electron chi connectivity index (χ1n) is 8.54. The third-order valence-electron chi connectivity index (χ3n) is 5.44. The summed E-state index contributed by atoms with van der Waals surface area (Å²) in [5, 5.41) is 1.24. The average molecular weight is 318 g/mol. The minimum Gasteiger partial charge on any atom is -0.368 e. The SMILES string of the molecule is Cc1ccc(C2(c3cn(CC(N)=O)c4ccccc34)CCC2)cc1. The molecule has 1 heterocycles. The van der Waals surface area contributed by atoms with Gasteiger partial charge >= 0.3 is 0 Å². The number of primary amides is 1. The molecule has 1 aromatic heterocycles. The predicted molar refractivity (Wildman–Crippen MR) is 96.9 cm³/mol. The van der Waals surface area contributed by atoms with Gasteiger partial charge in [-0.1, -0.05) is 54.4 Å². The first-order chi connectivity index (χ1) is 11.6. The Labute approximate surface area is 142 Å². The van der Waals surface area contributed by atoms with Gasteiger partial charge in [0.2, 0.25) is 5.91 Å². The molecule has 24 heavy (non-hydrogen) atoms. The molecule has 0 saturated heterocycles. The van der Waals surface area contributed by atoms with Crippen molar-refractivity contribution in [3.05, 3.63) is 71.4 Å². The van der Waals surface area contributed by atoms with Crippen molar-refractivity contribution in [3.63, 3.8) is 0 Å². The molecule has 122 valence electrons. The maximum absolute atomic E-state index is 11.5. The minimum atomic E-state index is -0.305. The molecule has 0 spiro atoms. The molecule has 0 bridgehead atoms. The second kappa shape index (κ2) is 5.52. The molecule has 1 saturated carbocycles. The van der Waals surface area contributed by atoms with Crippen molar-refractivity contribution in [2.75, 3.05) is 0 Å². The zero-order valence-electron chi connectivity index (χ0n) is 14.0. The average Bonchev–Trinajstić information content (AvgIpc) is 2.87. The van der Waals surface area contributed by atoms with Crippen LogP contribution in [0.1, 0.15) is 36.0 Å². The molecule has 1 amide bonds. The fourth-order valence-corrected chi connectivity index (χ4v) is 4.04. The first-order valence-corrected chi connectivity index (χ1v) is 8.54. The summed E-state index contributed by atoms with van der Waals surface area (Å²) in [6, 6.07) is 17.2. The standard InChI is InChI=1S/C21H22N2O/c1-15-7-9-16(10-8-15)21(11-4-12-21)18-13-23(14-20(22)24)19-6-3-2-5-17(18)19/h2-3,5-10,13H,4,11-12,14H2,1H3,(H2,22,24). The number of carbonyl (C=O) groups excluding carboxylic acids is 1. The Bertz CT molecular complexity index is 901. The van der Waals surface area contributed by atoms with Crippen molar-refractivity contribution < 1.29 is 4.79 Å². The largest absolute Gasteiger partial charge is 0.368 e. The van der Waals surface area contributed by atoms with Gasteiger partial charge in [0.25, 0.3) is 0 Å². The number of amides is 1. The van der Waals surface area contributed by atoms with Crippen LogP contribution in [0.5, 0.6) is 0 Å². The Kier molecular flexibility index (Phi) is 3.45. The number of aromatic nitrogens is 1. The summed E-state index contributed by atoms with van der Waals surface area (Å²) in [4.78, 5) is 11.5. The molecular formula is C21H22N2O. The van der Waals surface area contributed by atoms with E-state index in [9.17, 15) is 4.79 Å². The molecule has 2 N–H and O–H groups in total. The van der Waals surface area contributed by atoms with Crippen LogP contribution in [0.15, 0.2) is 54.7 Å². The summed E-state index contributed by atoms with van der Waals surface area (Å²) in [5.41, 5.74) is 10.6. The van der Waals surface area contributed by atoms with Crippen molar-refractivity contribution in [1.29, 1.82) is 0 Å². The lowest BCUT2D eigenvalue weighted by atomic mass is 9.60. The van der Waals surface area contributed by atoms with Crippen molar-refractivity contribution in [2.45, 2.75) is 38.1 Å². The summed E-state index contributed by atoms with van der Waals surface area (Å²) in [5.74, 6) is -0.305. The maximum Gasteiger partial charge on any atom is 0.237 e. The number of benzene rings is 2. The lowest BCUT2D eigenvalue weighted by Crippen LogP contribution is -2.35. The van der Waals surface area contributed by atoms with Crippen LogP contribution < -0.4 is 5.73 Å². The number of carbonyl (C=O) groups is 1. The fraction of sp³-hybridized carbons (Fsp3) is 0.286. The third-order valence-corrected chi connectivity index (χ3v) is 5.44. The van der Waals surface area contributed by atoms with Gasteiger partial charge in [-0.05, 0) is 37.0 Å². The van der Waals surface area contributed by atoms with Crippen molar-refractivity contribution in [1.82, 2.24) is 4.57 Å². The van der Waals surface area contributed by atoms with E-state index in [1.54, 1.807) is 0 Å². The van der Waals surface area contributed by atoms with E-state index in [1.165, 1.54) is 28.5 Å². The molecule has 3 nitrogen and oxygen atoms in total. The predicted octanol–water partition coefficient (Wildman–Crippen LogP) is 3.91. The van der Waals surface area contributed by atoms with Crippen LogP contribution in [0.2, 0.25) is 0 Å².